The number of fused-ring (bicyclic) bond motifs is 1. The Morgan fingerprint density at radius 1 is 1.13 bits per heavy atom. The number of carbonyl (C=O) groups is 1. The fraction of sp³-hybridized carbons (Fsp3) is 0.548. The molecule has 1 atom stereocenters. The molecule has 1 aliphatic carbocycles. The van der Waals surface area contributed by atoms with E-state index in [1.165, 1.54) is 0 Å². The minimum atomic E-state index is -2.56. The smallest absolute Gasteiger partial charge is 0.248 e. The number of Topliss-reactive ketones (excluding diaryl/α,β-unsaturated/α-hetero) is 1. The second-order valence-electron chi connectivity index (χ2n) is 12.5. The van der Waals surface area contributed by atoms with Crippen LogP contribution in [0.4, 0.5) is 8.78 Å². The summed E-state index contributed by atoms with van der Waals surface area (Å²) in [4.78, 5) is 18.5. The maximum absolute atomic E-state index is 13.8. The van der Waals surface area contributed by atoms with E-state index in [-0.39, 0.29) is 35.5 Å². The van der Waals surface area contributed by atoms with Crippen LogP contribution in [0.25, 0.3) is 5.65 Å². The second kappa shape index (κ2) is 11.5. The van der Waals surface area contributed by atoms with Crippen molar-refractivity contribution >= 4 is 19.7 Å². The summed E-state index contributed by atoms with van der Waals surface area (Å²) in [5.41, 5.74) is 2.85. The molecular weight excluding hydrogens is 514 g/mol. The topological polar surface area (TPSA) is 52.8 Å². The van der Waals surface area contributed by atoms with Gasteiger partial charge in [0.05, 0.1) is 12.3 Å². The summed E-state index contributed by atoms with van der Waals surface area (Å²) in [6, 6.07) is 13.7. The highest BCUT2D eigenvalue weighted by molar-refractivity contribution is 6.74. The number of benzene rings is 1. The first-order valence-corrected chi connectivity index (χ1v) is 16.9. The lowest BCUT2D eigenvalue weighted by molar-refractivity contribution is -0.0498. The molecule has 0 N–H and O–H groups in total. The van der Waals surface area contributed by atoms with Crippen molar-refractivity contribution in [3.05, 3.63) is 65.6 Å². The number of imidazole rings is 1. The van der Waals surface area contributed by atoms with Gasteiger partial charge in [0.25, 0.3) is 0 Å². The van der Waals surface area contributed by atoms with E-state index in [0.29, 0.717) is 55.3 Å². The zero-order valence-corrected chi connectivity index (χ0v) is 25.1. The summed E-state index contributed by atoms with van der Waals surface area (Å²) in [6.07, 6.45) is 2.85. The van der Waals surface area contributed by atoms with Crippen molar-refractivity contribution < 1.29 is 22.7 Å². The Hall–Kier alpha value is -2.58. The molecule has 0 saturated heterocycles. The van der Waals surface area contributed by atoms with E-state index in [4.69, 9.17) is 14.1 Å². The van der Waals surface area contributed by atoms with Gasteiger partial charge in [-0.3, -0.25) is 9.20 Å². The number of alkyl halides is 2. The van der Waals surface area contributed by atoms with Gasteiger partial charge >= 0.3 is 0 Å². The molecule has 0 aliphatic heterocycles. The number of rotatable bonds is 10. The molecule has 5 nitrogen and oxygen atoms in total. The number of hydrogen-bond acceptors (Lipinski definition) is 4. The first-order chi connectivity index (χ1) is 18.3. The van der Waals surface area contributed by atoms with Crippen molar-refractivity contribution in [2.24, 2.45) is 5.92 Å². The van der Waals surface area contributed by atoms with Crippen molar-refractivity contribution in [3.63, 3.8) is 0 Å². The van der Waals surface area contributed by atoms with Crippen LogP contribution in [0.5, 0.6) is 5.75 Å². The van der Waals surface area contributed by atoms with Crippen LogP contribution >= 0.6 is 0 Å². The highest BCUT2D eigenvalue weighted by atomic mass is 28.4. The van der Waals surface area contributed by atoms with Crippen molar-refractivity contribution in [1.29, 1.82) is 0 Å². The van der Waals surface area contributed by atoms with Gasteiger partial charge in [-0.15, -0.1) is 0 Å². The molecule has 3 aromatic rings. The number of ketones is 1. The average molecular weight is 557 g/mol. The maximum atomic E-state index is 13.8. The normalized spacial score (nSPS) is 17.3. The highest BCUT2D eigenvalue weighted by Crippen LogP contribution is 2.38. The standard InChI is InChI=1S/C31H42F2N2O3Si/c1-22-28(26(36)19-25(24-11-8-7-9-12-24)21-38-39(5,6)30(2,3)4)35-18-10-13-27(29(35)34-22)37-20-23-14-16-31(32,33)17-15-23/h7-13,18,23,25H,14-17,19-21H2,1-6H3/t25-/m0/s1. The van der Waals surface area contributed by atoms with Gasteiger partial charge in [-0.1, -0.05) is 51.1 Å². The van der Waals surface area contributed by atoms with Gasteiger partial charge in [0.2, 0.25) is 5.92 Å². The lowest BCUT2D eigenvalue weighted by atomic mass is 9.87. The van der Waals surface area contributed by atoms with E-state index in [0.717, 1.165) is 5.56 Å². The molecule has 39 heavy (non-hydrogen) atoms. The largest absolute Gasteiger partial charge is 0.489 e. The van der Waals surface area contributed by atoms with Crippen LogP contribution in [0.3, 0.4) is 0 Å². The number of aryl methyl sites for hydroxylation is 1. The number of hydrogen-bond donors (Lipinski definition) is 0. The minimum Gasteiger partial charge on any atom is -0.489 e. The van der Waals surface area contributed by atoms with E-state index in [2.05, 4.69) is 46.0 Å². The van der Waals surface area contributed by atoms with Crippen LogP contribution in [0, 0.1) is 12.8 Å². The zero-order valence-electron chi connectivity index (χ0n) is 24.1. The maximum Gasteiger partial charge on any atom is 0.248 e. The first kappa shape index (κ1) is 29.4. The molecule has 1 aliphatic rings. The molecule has 212 valence electrons. The third-order valence-electron chi connectivity index (χ3n) is 8.52. The van der Waals surface area contributed by atoms with Gasteiger partial charge in [-0.25, -0.2) is 13.8 Å². The molecule has 1 fully saturated rings. The predicted octanol–water partition coefficient (Wildman–Crippen LogP) is 8.23. The Bertz CT molecular complexity index is 1270. The van der Waals surface area contributed by atoms with Gasteiger partial charge in [0.15, 0.2) is 25.5 Å². The Labute approximate surface area is 232 Å². The van der Waals surface area contributed by atoms with Crippen LogP contribution in [-0.2, 0) is 4.43 Å². The molecular formula is C31H42F2N2O3Si. The molecule has 0 radical (unpaired) electrons. The number of ether oxygens (including phenoxy) is 1. The molecule has 2 heterocycles. The van der Waals surface area contributed by atoms with E-state index in [1.807, 2.05) is 43.5 Å². The quantitative estimate of drug-likeness (QED) is 0.186. The SMILES string of the molecule is Cc1nc2c(OCC3CCC(F)(F)CC3)cccn2c1C(=O)C[C@@H](CO[Si](C)(C)C(C)(C)C)c1ccccc1. The first-order valence-electron chi connectivity index (χ1n) is 14.0. The lowest BCUT2D eigenvalue weighted by Gasteiger charge is -2.37. The summed E-state index contributed by atoms with van der Waals surface area (Å²) in [7, 11) is -2.00. The Kier molecular flexibility index (Phi) is 8.66. The molecule has 0 bridgehead atoms. The number of pyridine rings is 1. The van der Waals surface area contributed by atoms with Crippen molar-refractivity contribution in [2.75, 3.05) is 13.2 Å². The summed E-state index contributed by atoms with van der Waals surface area (Å²) < 4.78 is 41.5. The zero-order chi connectivity index (χ0) is 28.4. The third kappa shape index (κ3) is 6.95. The minimum absolute atomic E-state index is 0.000605. The van der Waals surface area contributed by atoms with Crippen LogP contribution in [0.15, 0.2) is 48.7 Å². The fourth-order valence-electron chi connectivity index (χ4n) is 4.92. The molecule has 0 spiro atoms. The number of aromatic nitrogens is 2. The van der Waals surface area contributed by atoms with Crippen molar-refractivity contribution in [3.8, 4) is 5.75 Å². The molecule has 8 heteroatoms. The predicted molar refractivity (Wildman–Crippen MR) is 154 cm³/mol. The van der Waals surface area contributed by atoms with E-state index in [9.17, 15) is 13.6 Å². The van der Waals surface area contributed by atoms with Crippen LogP contribution < -0.4 is 4.74 Å². The average Bonchev–Trinajstić information content (AvgIpc) is 3.22. The van der Waals surface area contributed by atoms with Gasteiger partial charge in [-0.2, -0.15) is 0 Å². The fourth-order valence-corrected chi connectivity index (χ4v) is 5.97. The number of nitrogens with zero attached hydrogens (tertiary/aromatic N) is 2. The van der Waals surface area contributed by atoms with Gasteiger partial charge in [-0.05, 0) is 61.5 Å². The van der Waals surface area contributed by atoms with E-state index < -0.39 is 14.2 Å². The number of halogens is 2. The van der Waals surface area contributed by atoms with Crippen LogP contribution in [-0.4, -0.2) is 42.6 Å². The Morgan fingerprint density at radius 2 is 1.79 bits per heavy atom. The molecule has 0 unspecified atom stereocenters. The Morgan fingerprint density at radius 3 is 2.44 bits per heavy atom. The molecule has 2 aromatic heterocycles. The summed E-state index contributed by atoms with van der Waals surface area (Å²) in [6.45, 7) is 13.8. The summed E-state index contributed by atoms with van der Waals surface area (Å²) in [5, 5.41) is 0.0748. The molecule has 0 amide bonds. The highest BCUT2D eigenvalue weighted by Gasteiger charge is 2.38. The van der Waals surface area contributed by atoms with Crippen LogP contribution in [0.1, 0.15) is 80.5 Å². The lowest BCUT2D eigenvalue weighted by Crippen LogP contribution is -2.41. The van der Waals surface area contributed by atoms with Crippen molar-refractivity contribution in [1.82, 2.24) is 9.38 Å². The Balaban J connectivity index is 1.53. The molecule has 1 aromatic carbocycles. The monoisotopic (exact) mass is 556 g/mol. The van der Waals surface area contributed by atoms with E-state index >= 15 is 0 Å². The number of carbonyl (C=O) groups excluding carboxylic acids is 1. The van der Waals surface area contributed by atoms with Gasteiger partial charge in [0, 0.05) is 38.0 Å². The molecule has 4 rings (SSSR count). The van der Waals surface area contributed by atoms with Crippen molar-refractivity contribution in [2.45, 2.75) is 89.8 Å². The second-order valence-corrected chi connectivity index (χ2v) is 17.3. The van der Waals surface area contributed by atoms with Gasteiger partial charge < -0.3 is 9.16 Å². The summed E-state index contributed by atoms with van der Waals surface area (Å²) >= 11 is 0. The summed E-state index contributed by atoms with van der Waals surface area (Å²) in [5.74, 6) is -1.98. The molecule has 1 saturated carbocycles. The van der Waals surface area contributed by atoms with E-state index in [1.54, 1.807) is 4.40 Å². The van der Waals surface area contributed by atoms with Gasteiger partial charge in [0.1, 0.15) is 5.69 Å². The van der Waals surface area contributed by atoms with Crippen LogP contribution in [0.2, 0.25) is 18.1 Å². The third-order valence-corrected chi connectivity index (χ3v) is 13.0.